The van der Waals surface area contributed by atoms with Crippen LogP contribution in [0.3, 0.4) is 0 Å². The molecule has 1 rings (SSSR count). The molecular formula is C15H24N2O. The van der Waals surface area contributed by atoms with E-state index in [1.165, 1.54) is 5.01 Å². The third kappa shape index (κ3) is 2.91. The standard InChI is InChI=1S/C15H24N2O/c1-10-8-7-9-13(11(10)2)14(18)17(16)12(3)15(4,5)6/h7-9,12H,16H2,1-6H3. The lowest BCUT2D eigenvalue weighted by Gasteiger charge is -2.34. The van der Waals surface area contributed by atoms with Gasteiger partial charge in [-0.2, -0.15) is 0 Å². The Hall–Kier alpha value is -1.35. The maximum Gasteiger partial charge on any atom is 0.268 e. The zero-order chi connectivity index (χ0) is 14.1. The van der Waals surface area contributed by atoms with Gasteiger partial charge in [0.1, 0.15) is 0 Å². The number of amides is 1. The van der Waals surface area contributed by atoms with E-state index in [0.29, 0.717) is 5.56 Å². The van der Waals surface area contributed by atoms with Crippen molar-refractivity contribution in [2.45, 2.75) is 47.6 Å². The molecule has 100 valence electrons. The quantitative estimate of drug-likeness (QED) is 0.497. The Labute approximate surface area is 110 Å². The Morgan fingerprint density at radius 3 is 2.33 bits per heavy atom. The summed E-state index contributed by atoms with van der Waals surface area (Å²) in [4.78, 5) is 12.4. The zero-order valence-corrected chi connectivity index (χ0v) is 12.2. The van der Waals surface area contributed by atoms with Crippen LogP contribution in [0.1, 0.15) is 49.2 Å². The number of rotatable bonds is 2. The van der Waals surface area contributed by atoms with Gasteiger partial charge in [0.2, 0.25) is 0 Å². The molecule has 0 aromatic heterocycles. The van der Waals surface area contributed by atoms with Gasteiger partial charge < -0.3 is 0 Å². The van der Waals surface area contributed by atoms with Gasteiger partial charge >= 0.3 is 0 Å². The van der Waals surface area contributed by atoms with Crippen LogP contribution in [0.15, 0.2) is 18.2 Å². The first-order chi connectivity index (χ1) is 8.16. The van der Waals surface area contributed by atoms with Crippen molar-refractivity contribution in [2.75, 3.05) is 0 Å². The first-order valence-electron chi connectivity index (χ1n) is 6.30. The minimum atomic E-state index is -0.112. The van der Waals surface area contributed by atoms with Crippen molar-refractivity contribution in [2.24, 2.45) is 11.3 Å². The number of carbonyl (C=O) groups is 1. The van der Waals surface area contributed by atoms with E-state index in [9.17, 15) is 4.79 Å². The van der Waals surface area contributed by atoms with Crippen molar-refractivity contribution in [3.05, 3.63) is 34.9 Å². The van der Waals surface area contributed by atoms with E-state index in [-0.39, 0.29) is 17.4 Å². The summed E-state index contributed by atoms with van der Waals surface area (Å²) < 4.78 is 0. The van der Waals surface area contributed by atoms with Crippen LogP contribution in [0.4, 0.5) is 0 Å². The number of nitrogens with zero attached hydrogens (tertiary/aromatic N) is 1. The molecule has 1 amide bonds. The first kappa shape index (κ1) is 14.7. The van der Waals surface area contributed by atoms with Gasteiger partial charge in [0.25, 0.3) is 5.91 Å². The largest absolute Gasteiger partial charge is 0.273 e. The molecule has 1 unspecified atom stereocenters. The first-order valence-corrected chi connectivity index (χ1v) is 6.30. The molecule has 1 atom stereocenters. The van der Waals surface area contributed by atoms with E-state index >= 15 is 0 Å². The highest BCUT2D eigenvalue weighted by atomic mass is 16.2. The maximum absolute atomic E-state index is 12.4. The zero-order valence-electron chi connectivity index (χ0n) is 12.2. The number of aryl methyl sites for hydroxylation is 1. The third-order valence-electron chi connectivity index (χ3n) is 3.74. The third-order valence-corrected chi connectivity index (χ3v) is 3.74. The lowest BCUT2D eigenvalue weighted by Crippen LogP contribution is -2.50. The highest BCUT2D eigenvalue weighted by Gasteiger charge is 2.29. The van der Waals surface area contributed by atoms with Gasteiger partial charge in [-0.05, 0) is 43.4 Å². The molecule has 3 heteroatoms. The molecule has 0 spiro atoms. The van der Waals surface area contributed by atoms with Crippen molar-refractivity contribution < 1.29 is 4.79 Å². The number of hydrogen-bond donors (Lipinski definition) is 1. The average Bonchev–Trinajstić information content (AvgIpc) is 2.28. The minimum Gasteiger partial charge on any atom is -0.273 e. The van der Waals surface area contributed by atoms with E-state index in [1.54, 1.807) is 0 Å². The van der Waals surface area contributed by atoms with Gasteiger partial charge in [0, 0.05) is 5.56 Å². The van der Waals surface area contributed by atoms with Crippen molar-refractivity contribution in [3.63, 3.8) is 0 Å². The molecule has 0 bridgehead atoms. The Bertz CT molecular complexity index is 446. The number of hydrazine groups is 1. The highest BCUT2D eigenvalue weighted by Crippen LogP contribution is 2.24. The smallest absolute Gasteiger partial charge is 0.268 e. The maximum atomic E-state index is 12.4. The van der Waals surface area contributed by atoms with Gasteiger partial charge in [0.15, 0.2) is 0 Å². The number of hydrogen-bond acceptors (Lipinski definition) is 2. The van der Waals surface area contributed by atoms with E-state index in [1.807, 2.05) is 39.0 Å². The average molecular weight is 248 g/mol. The van der Waals surface area contributed by atoms with Crippen LogP contribution in [0.25, 0.3) is 0 Å². The molecule has 1 aromatic rings. The van der Waals surface area contributed by atoms with Crippen LogP contribution in [0, 0.1) is 19.3 Å². The molecule has 0 aliphatic carbocycles. The second-order valence-electron chi connectivity index (χ2n) is 6.00. The molecule has 2 N–H and O–H groups in total. The van der Waals surface area contributed by atoms with E-state index in [2.05, 4.69) is 20.8 Å². The van der Waals surface area contributed by atoms with Gasteiger partial charge in [-0.1, -0.05) is 32.9 Å². The second kappa shape index (κ2) is 5.11. The fourth-order valence-electron chi connectivity index (χ4n) is 1.72. The fourth-order valence-corrected chi connectivity index (χ4v) is 1.72. The number of carbonyl (C=O) groups excluding carboxylic acids is 1. The van der Waals surface area contributed by atoms with Gasteiger partial charge in [-0.15, -0.1) is 0 Å². The molecule has 0 saturated heterocycles. The van der Waals surface area contributed by atoms with Gasteiger partial charge in [-0.3, -0.25) is 9.80 Å². The predicted octanol–water partition coefficient (Wildman–Crippen LogP) is 3.05. The van der Waals surface area contributed by atoms with Crippen LogP contribution >= 0.6 is 0 Å². The Kier molecular flexibility index (Phi) is 4.17. The van der Waals surface area contributed by atoms with Crippen molar-refractivity contribution in [1.29, 1.82) is 0 Å². The molecule has 0 radical (unpaired) electrons. The summed E-state index contributed by atoms with van der Waals surface area (Å²) in [7, 11) is 0. The molecule has 0 aliphatic heterocycles. The fraction of sp³-hybridized carbons (Fsp3) is 0.533. The summed E-state index contributed by atoms with van der Waals surface area (Å²) in [6, 6.07) is 5.70. The van der Waals surface area contributed by atoms with E-state index in [4.69, 9.17) is 5.84 Å². The van der Waals surface area contributed by atoms with Gasteiger partial charge in [-0.25, -0.2) is 5.84 Å². The normalized spacial score (nSPS) is 13.3. The van der Waals surface area contributed by atoms with Crippen molar-refractivity contribution >= 4 is 5.91 Å². The number of benzene rings is 1. The highest BCUT2D eigenvalue weighted by molar-refractivity contribution is 5.95. The summed E-state index contributed by atoms with van der Waals surface area (Å²) >= 11 is 0. The molecule has 0 aliphatic rings. The number of nitrogens with two attached hydrogens (primary N) is 1. The Morgan fingerprint density at radius 1 is 1.28 bits per heavy atom. The monoisotopic (exact) mass is 248 g/mol. The van der Waals surface area contributed by atoms with Crippen LogP contribution < -0.4 is 5.84 Å². The molecule has 0 fully saturated rings. The van der Waals surface area contributed by atoms with Crippen LogP contribution in [-0.4, -0.2) is 17.0 Å². The molecule has 1 aromatic carbocycles. The summed E-state index contributed by atoms with van der Waals surface area (Å²) in [5.74, 6) is 5.87. The SMILES string of the molecule is Cc1cccc(C(=O)N(N)C(C)C(C)(C)C)c1C. The minimum absolute atomic E-state index is 0.0232. The summed E-state index contributed by atoms with van der Waals surface area (Å²) in [5.41, 5.74) is 2.76. The lowest BCUT2D eigenvalue weighted by atomic mass is 9.87. The van der Waals surface area contributed by atoms with E-state index < -0.39 is 0 Å². The van der Waals surface area contributed by atoms with Crippen LogP contribution in [0.2, 0.25) is 0 Å². The molecule has 3 nitrogen and oxygen atoms in total. The molecule has 0 saturated carbocycles. The molecule has 18 heavy (non-hydrogen) atoms. The second-order valence-corrected chi connectivity index (χ2v) is 6.00. The van der Waals surface area contributed by atoms with Gasteiger partial charge in [0.05, 0.1) is 6.04 Å². The van der Waals surface area contributed by atoms with Crippen molar-refractivity contribution in [1.82, 2.24) is 5.01 Å². The molecule has 0 heterocycles. The lowest BCUT2D eigenvalue weighted by molar-refractivity contribution is 0.0552. The summed E-state index contributed by atoms with van der Waals surface area (Å²) in [6.07, 6.45) is 0. The summed E-state index contributed by atoms with van der Waals surface area (Å²) in [5, 5.41) is 1.35. The Morgan fingerprint density at radius 2 is 1.83 bits per heavy atom. The topological polar surface area (TPSA) is 46.3 Å². The Balaban J connectivity index is 3.05. The predicted molar refractivity (Wildman–Crippen MR) is 75.2 cm³/mol. The van der Waals surface area contributed by atoms with Crippen molar-refractivity contribution in [3.8, 4) is 0 Å². The summed E-state index contributed by atoms with van der Waals surface area (Å²) in [6.45, 7) is 12.2. The van der Waals surface area contributed by atoms with Crippen LogP contribution in [0.5, 0.6) is 0 Å². The molecular weight excluding hydrogens is 224 g/mol. The van der Waals surface area contributed by atoms with Crippen LogP contribution in [-0.2, 0) is 0 Å². The van der Waals surface area contributed by atoms with E-state index in [0.717, 1.165) is 11.1 Å².